The molecule has 0 bridgehead atoms. The van der Waals surface area contributed by atoms with Crippen LogP contribution in [0.2, 0.25) is 0 Å². The van der Waals surface area contributed by atoms with Gasteiger partial charge >= 0.3 is 0 Å². The maximum absolute atomic E-state index is 12.6. The lowest BCUT2D eigenvalue weighted by Gasteiger charge is -2.07. The molecule has 0 aliphatic rings. The minimum atomic E-state index is -2.60. The molecule has 0 amide bonds. The molecular weight excluding hydrogens is 220 g/mol. The van der Waals surface area contributed by atoms with Crippen LogP contribution in [0.3, 0.4) is 0 Å². The van der Waals surface area contributed by atoms with E-state index in [-0.39, 0.29) is 11.1 Å². The van der Waals surface area contributed by atoms with E-state index in [4.69, 9.17) is 0 Å². The number of halogens is 4. The van der Waals surface area contributed by atoms with Gasteiger partial charge in [-0.25, -0.2) is 17.6 Å². The van der Waals surface area contributed by atoms with Crippen molar-refractivity contribution >= 4 is 10.8 Å². The Kier molecular flexibility index (Phi) is 2.81. The number of alkyl halides is 4. The second-order valence-electron chi connectivity index (χ2n) is 3.43. The van der Waals surface area contributed by atoms with Gasteiger partial charge in [0.25, 0.3) is 12.9 Å². The molecule has 2 aromatic rings. The molecule has 0 saturated carbocycles. The first-order valence-electron chi connectivity index (χ1n) is 4.68. The Morgan fingerprint density at radius 1 is 0.812 bits per heavy atom. The van der Waals surface area contributed by atoms with Crippen molar-refractivity contribution in [3.05, 3.63) is 47.5 Å². The third kappa shape index (κ3) is 1.87. The molecule has 4 heteroatoms. The Morgan fingerprint density at radius 3 is 2.19 bits per heavy atom. The smallest absolute Gasteiger partial charge is 0.205 e. The summed E-state index contributed by atoms with van der Waals surface area (Å²) in [5.74, 6) is 0. The van der Waals surface area contributed by atoms with Gasteiger partial charge in [0.2, 0.25) is 0 Å². The van der Waals surface area contributed by atoms with Gasteiger partial charge in [-0.15, -0.1) is 0 Å². The highest BCUT2D eigenvalue weighted by atomic mass is 19.3. The van der Waals surface area contributed by atoms with E-state index in [1.165, 1.54) is 30.3 Å². The lowest BCUT2D eigenvalue weighted by atomic mass is 10.0. The third-order valence-corrected chi connectivity index (χ3v) is 2.43. The average Bonchev–Trinajstić information content (AvgIpc) is 2.27. The zero-order chi connectivity index (χ0) is 11.7. The summed E-state index contributed by atoms with van der Waals surface area (Å²) in [7, 11) is 0. The van der Waals surface area contributed by atoms with E-state index in [1.807, 2.05) is 0 Å². The van der Waals surface area contributed by atoms with Crippen LogP contribution < -0.4 is 0 Å². The van der Waals surface area contributed by atoms with Gasteiger partial charge in [0.05, 0.1) is 0 Å². The Morgan fingerprint density at radius 2 is 1.56 bits per heavy atom. The van der Waals surface area contributed by atoms with Crippen LogP contribution in [0.25, 0.3) is 10.8 Å². The van der Waals surface area contributed by atoms with Gasteiger partial charge in [0, 0.05) is 11.1 Å². The largest absolute Gasteiger partial charge is 0.264 e. The van der Waals surface area contributed by atoms with Crippen molar-refractivity contribution in [3.63, 3.8) is 0 Å². The highest BCUT2D eigenvalue weighted by Gasteiger charge is 2.13. The van der Waals surface area contributed by atoms with E-state index in [2.05, 4.69) is 0 Å². The monoisotopic (exact) mass is 228 g/mol. The van der Waals surface area contributed by atoms with Crippen LogP contribution in [0.15, 0.2) is 36.4 Å². The summed E-state index contributed by atoms with van der Waals surface area (Å²) in [6.45, 7) is 0. The van der Waals surface area contributed by atoms with E-state index < -0.39 is 12.9 Å². The van der Waals surface area contributed by atoms with Crippen molar-refractivity contribution in [1.82, 2.24) is 0 Å². The van der Waals surface area contributed by atoms with E-state index in [0.29, 0.717) is 10.8 Å². The molecule has 84 valence electrons. The van der Waals surface area contributed by atoms with Gasteiger partial charge in [-0.05, 0) is 16.8 Å². The minimum absolute atomic E-state index is 0.127. The molecule has 0 aliphatic carbocycles. The molecule has 0 spiro atoms. The second kappa shape index (κ2) is 4.12. The minimum Gasteiger partial charge on any atom is -0.205 e. The van der Waals surface area contributed by atoms with Crippen LogP contribution in [0.5, 0.6) is 0 Å². The highest BCUT2D eigenvalue weighted by Crippen LogP contribution is 2.30. The van der Waals surface area contributed by atoms with Gasteiger partial charge in [-0.1, -0.05) is 30.3 Å². The van der Waals surface area contributed by atoms with Gasteiger partial charge in [-0.2, -0.15) is 0 Å². The predicted octanol–water partition coefficient (Wildman–Crippen LogP) is 4.72. The summed E-state index contributed by atoms with van der Waals surface area (Å²) in [5, 5.41) is 0.734. The highest BCUT2D eigenvalue weighted by molar-refractivity contribution is 5.86. The lowest BCUT2D eigenvalue weighted by Crippen LogP contribution is -1.89. The number of rotatable bonds is 2. The molecular formula is C12H8F4. The van der Waals surface area contributed by atoms with Crippen LogP contribution in [-0.2, 0) is 0 Å². The molecule has 16 heavy (non-hydrogen) atoms. The maximum Gasteiger partial charge on any atom is 0.264 e. The Labute approximate surface area is 89.5 Å². The first-order valence-corrected chi connectivity index (χ1v) is 4.68. The normalized spacial score (nSPS) is 11.6. The molecule has 0 fully saturated rings. The number of hydrogen-bond donors (Lipinski definition) is 0. The van der Waals surface area contributed by atoms with E-state index in [1.54, 1.807) is 6.07 Å². The Balaban J connectivity index is 2.64. The summed E-state index contributed by atoms with van der Waals surface area (Å²) in [6.07, 6.45) is -5.18. The van der Waals surface area contributed by atoms with Crippen LogP contribution >= 0.6 is 0 Å². The van der Waals surface area contributed by atoms with Gasteiger partial charge in [0.1, 0.15) is 0 Å². The van der Waals surface area contributed by atoms with E-state index in [9.17, 15) is 17.6 Å². The molecule has 0 atom stereocenters. The fourth-order valence-electron chi connectivity index (χ4n) is 1.65. The molecule has 0 heterocycles. The first kappa shape index (κ1) is 10.9. The molecule has 0 saturated heterocycles. The predicted molar refractivity (Wildman–Crippen MR) is 53.9 cm³/mol. The summed E-state index contributed by atoms with van der Waals surface area (Å²) in [6, 6.07) is 8.03. The SMILES string of the molecule is FC(F)c1ccc2c(C(F)F)cccc2c1. The zero-order valence-electron chi connectivity index (χ0n) is 8.13. The van der Waals surface area contributed by atoms with Crippen LogP contribution in [-0.4, -0.2) is 0 Å². The molecule has 0 nitrogen and oxygen atoms in total. The zero-order valence-corrected chi connectivity index (χ0v) is 8.13. The lowest BCUT2D eigenvalue weighted by molar-refractivity contribution is 0.151. The third-order valence-electron chi connectivity index (χ3n) is 2.43. The van der Waals surface area contributed by atoms with Crippen molar-refractivity contribution in [3.8, 4) is 0 Å². The van der Waals surface area contributed by atoms with Crippen molar-refractivity contribution < 1.29 is 17.6 Å². The van der Waals surface area contributed by atoms with E-state index >= 15 is 0 Å². The van der Waals surface area contributed by atoms with Crippen molar-refractivity contribution in [1.29, 1.82) is 0 Å². The molecule has 0 aromatic heterocycles. The van der Waals surface area contributed by atoms with Crippen molar-refractivity contribution in [2.24, 2.45) is 0 Å². The van der Waals surface area contributed by atoms with Crippen LogP contribution in [0.4, 0.5) is 17.6 Å². The number of benzene rings is 2. The molecule has 2 rings (SSSR count). The van der Waals surface area contributed by atoms with Crippen molar-refractivity contribution in [2.45, 2.75) is 12.9 Å². The molecule has 0 unspecified atom stereocenters. The van der Waals surface area contributed by atoms with Gasteiger partial charge in [-0.3, -0.25) is 0 Å². The van der Waals surface area contributed by atoms with Gasteiger partial charge < -0.3 is 0 Å². The average molecular weight is 228 g/mol. The van der Waals surface area contributed by atoms with Gasteiger partial charge in [0.15, 0.2) is 0 Å². The van der Waals surface area contributed by atoms with Crippen LogP contribution in [0.1, 0.15) is 24.0 Å². The first-order chi connectivity index (χ1) is 7.59. The fraction of sp³-hybridized carbons (Fsp3) is 0.167. The number of fused-ring (bicyclic) bond motifs is 1. The standard InChI is InChI=1S/C12H8F4/c13-11(14)8-4-5-9-7(6-8)2-1-3-10(9)12(15)16/h1-6,11-12H. The topological polar surface area (TPSA) is 0 Å². The molecule has 0 N–H and O–H groups in total. The quantitative estimate of drug-likeness (QED) is 0.652. The summed E-state index contributed by atoms with van der Waals surface area (Å²) in [4.78, 5) is 0. The summed E-state index contributed by atoms with van der Waals surface area (Å²) >= 11 is 0. The number of hydrogen-bond acceptors (Lipinski definition) is 0. The van der Waals surface area contributed by atoms with E-state index in [0.717, 1.165) is 0 Å². The fourth-order valence-corrected chi connectivity index (χ4v) is 1.65. The second-order valence-corrected chi connectivity index (χ2v) is 3.43. The molecule has 0 aliphatic heterocycles. The maximum atomic E-state index is 12.6. The van der Waals surface area contributed by atoms with Crippen molar-refractivity contribution in [2.75, 3.05) is 0 Å². The summed E-state index contributed by atoms with van der Waals surface area (Å²) in [5.41, 5.74) is -0.280. The Hall–Kier alpha value is -1.58. The summed E-state index contributed by atoms with van der Waals surface area (Å²) < 4.78 is 50.0. The molecule has 2 aromatic carbocycles. The molecule has 0 radical (unpaired) electrons. The van der Waals surface area contributed by atoms with Crippen LogP contribution in [0, 0.1) is 0 Å². The Bertz CT molecular complexity index is 505.